The number of halogens is 2. The molecule has 6 heteroatoms. The molecule has 0 spiro atoms. The maximum absolute atomic E-state index is 8.96. The van der Waals surface area contributed by atoms with Crippen LogP contribution in [0.3, 0.4) is 0 Å². The van der Waals surface area contributed by atoms with Crippen molar-refractivity contribution < 1.29 is 0 Å². The number of aromatic nitrogens is 1. The Hall–Kier alpha value is -2.27. The first kappa shape index (κ1) is 14.1. The van der Waals surface area contributed by atoms with Crippen molar-refractivity contribution in [1.29, 1.82) is 10.5 Å². The molecule has 4 nitrogen and oxygen atoms in total. The number of hydrogen-bond acceptors (Lipinski definition) is 4. The molecule has 1 aromatic carbocycles. The van der Waals surface area contributed by atoms with E-state index in [0.29, 0.717) is 10.7 Å². The average molecular weight is 303 g/mol. The van der Waals surface area contributed by atoms with Crippen molar-refractivity contribution in [3.63, 3.8) is 0 Å². The maximum atomic E-state index is 8.96. The number of nitrogen functional groups attached to an aromatic ring is 1. The second-order valence-corrected chi connectivity index (χ2v) is 4.81. The number of rotatable bonds is 2. The number of benzene rings is 1. The Morgan fingerprint density at radius 3 is 2.25 bits per heavy atom. The van der Waals surface area contributed by atoms with E-state index in [9.17, 15) is 0 Å². The van der Waals surface area contributed by atoms with Gasteiger partial charge in [0.25, 0.3) is 0 Å². The molecule has 0 unspecified atom stereocenters. The van der Waals surface area contributed by atoms with Gasteiger partial charge in [0.2, 0.25) is 0 Å². The lowest BCUT2D eigenvalue weighted by Crippen LogP contribution is -2.02. The van der Waals surface area contributed by atoms with E-state index in [0.717, 1.165) is 5.56 Å². The highest BCUT2D eigenvalue weighted by Crippen LogP contribution is 2.32. The van der Waals surface area contributed by atoms with Gasteiger partial charge in [0, 0.05) is 10.6 Å². The van der Waals surface area contributed by atoms with Crippen molar-refractivity contribution in [3.8, 4) is 23.4 Å². The lowest BCUT2D eigenvalue weighted by Gasteiger charge is -2.10. The van der Waals surface area contributed by atoms with Crippen LogP contribution in [-0.4, -0.2) is 4.98 Å². The second-order valence-electron chi connectivity index (χ2n) is 3.99. The summed E-state index contributed by atoms with van der Waals surface area (Å²) in [6, 6.07) is 12.3. The Morgan fingerprint density at radius 1 is 1.10 bits per heavy atom. The molecule has 0 aliphatic carbocycles. The van der Waals surface area contributed by atoms with Crippen molar-refractivity contribution in [2.24, 2.45) is 0 Å². The number of anilines is 1. The van der Waals surface area contributed by atoms with Gasteiger partial charge in [-0.1, -0.05) is 35.3 Å². The summed E-state index contributed by atoms with van der Waals surface area (Å²) >= 11 is 11.8. The zero-order valence-electron chi connectivity index (χ0n) is 10.1. The number of nitriles is 2. The number of pyridine rings is 1. The molecule has 0 bridgehead atoms. The van der Waals surface area contributed by atoms with E-state index in [1.165, 1.54) is 0 Å². The Labute approximate surface area is 126 Å². The highest BCUT2D eigenvalue weighted by molar-refractivity contribution is 6.34. The first-order chi connectivity index (χ1) is 9.56. The van der Waals surface area contributed by atoms with E-state index in [-0.39, 0.29) is 16.4 Å². The third-order valence-electron chi connectivity index (χ3n) is 2.68. The summed E-state index contributed by atoms with van der Waals surface area (Å²) < 4.78 is 0. The Balaban J connectivity index is 2.60. The lowest BCUT2D eigenvalue weighted by molar-refractivity contribution is 1.02. The van der Waals surface area contributed by atoms with E-state index < -0.39 is 5.92 Å². The van der Waals surface area contributed by atoms with Crippen LogP contribution in [0.25, 0.3) is 11.3 Å². The van der Waals surface area contributed by atoms with Gasteiger partial charge >= 0.3 is 0 Å². The summed E-state index contributed by atoms with van der Waals surface area (Å²) in [5.74, 6) is -1.06. The van der Waals surface area contributed by atoms with Gasteiger partial charge < -0.3 is 5.73 Å². The molecule has 1 heterocycles. The molecule has 0 saturated carbocycles. The molecule has 0 aliphatic heterocycles. The highest BCUT2D eigenvalue weighted by Gasteiger charge is 2.19. The largest absolute Gasteiger partial charge is 0.397 e. The third-order valence-corrected chi connectivity index (χ3v) is 3.35. The second kappa shape index (κ2) is 5.79. The fourth-order valence-corrected chi connectivity index (χ4v) is 2.01. The van der Waals surface area contributed by atoms with E-state index in [1.807, 2.05) is 12.1 Å². The van der Waals surface area contributed by atoms with Crippen LogP contribution >= 0.6 is 23.2 Å². The van der Waals surface area contributed by atoms with E-state index in [1.54, 1.807) is 30.3 Å². The van der Waals surface area contributed by atoms with Gasteiger partial charge in [-0.3, -0.25) is 0 Å². The van der Waals surface area contributed by atoms with Crippen molar-refractivity contribution in [3.05, 3.63) is 46.1 Å². The van der Waals surface area contributed by atoms with Crippen LogP contribution in [0, 0.1) is 22.7 Å². The van der Waals surface area contributed by atoms with Crippen LogP contribution in [0.1, 0.15) is 11.6 Å². The maximum Gasteiger partial charge on any atom is 0.176 e. The molecule has 0 saturated heterocycles. The lowest BCUT2D eigenvalue weighted by atomic mass is 10.1. The highest BCUT2D eigenvalue weighted by atomic mass is 35.5. The van der Waals surface area contributed by atoms with Gasteiger partial charge in [0.1, 0.15) is 0 Å². The molecule has 2 aromatic rings. The van der Waals surface area contributed by atoms with Crippen LogP contribution in [0.5, 0.6) is 0 Å². The van der Waals surface area contributed by atoms with Crippen molar-refractivity contribution in [2.75, 3.05) is 5.73 Å². The van der Waals surface area contributed by atoms with Gasteiger partial charge in [-0.2, -0.15) is 10.5 Å². The molecule has 98 valence electrons. The monoisotopic (exact) mass is 302 g/mol. The molecule has 0 atom stereocenters. The Bertz CT molecular complexity index is 713. The molecular weight excluding hydrogens is 295 g/mol. The quantitative estimate of drug-likeness (QED) is 0.914. The van der Waals surface area contributed by atoms with Crippen LogP contribution in [0.15, 0.2) is 30.3 Å². The molecule has 0 radical (unpaired) electrons. The first-order valence-electron chi connectivity index (χ1n) is 5.58. The third kappa shape index (κ3) is 2.67. The van der Waals surface area contributed by atoms with E-state index in [4.69, 9.17) is 39.5 Å². The number of nitrogens with two attached hydrogens (primary N) is 1. The van der Waals surface area contributed by atoms with Crippen LogP contribution in [-0.2, 0) is 0 Å². The Morgan fingerprint density at radius 2 is 1.70 bits per heavy atom. The minimum absolute atomic E-state index is 0.135. The number of hydrogen-bond donors (Lipinski definition) is 1. The van der Waals surface area contributed by atoms with Gasteiger partial charge in [-0.25, -0.2) is 4.98 Å². The predicted molar refractivity (Wildman–Crippen MR) is 78.1 cm³/mol. The van der Waals surface area contributed by atoms with Crippen molar-refractivity contribution >= 4 is 28.9 Å². The average Bonchev–Trinajstić information content (AvgIpc) is 2.45. The predicted octanol–water partition coefficient (Wildman–Crippen LogP) is 3.77. The fourth-order valence-electron chi connectivity index (χ4n) is 1.68. The zero-order valence-corrected chi connectivity index (χ0v) is 11.7. The Kier molecular flexibility index (Phi) is 4.10. The molecule has 0 fully saturated rings. The summed E-state index contributed by atoms with van der Waals surface area (Å²) in [6.45, 7) is 0. The standard InChI is InChI=1S/C14H8Cl2N4/c15-10-3-1-8(2-4-10)12-5-11(19)13(16)14(20-12)9(6-17)7-18/h1-5,9H,(H2,19,20). The van der Waals surface area contributed by atoms with Gasteiger partial charge in [0.05, 0.1) is 34.2 Å². The van der Waals surface area contributed by atoms with E-state index in [2.05, 4.69) is 4.98 Å². The normalized spacial score (nSPS) is 10.1. The summed E-state index contributed by atoms with van der Waals surface area (Å²) in [6.07, 6.45) is 0. The van der Waals surface area contributed by atoms with Gasteiger partial charge in [-0.15, -0.1) is 0 Å². The SMILES string of the molecule is N#CC(C#N)c1nc(-c2ccc(Cl)cc2)cc(N)c1Cl. The molecule has 0 aliphatic rings. The molecule has 2 rings (SSSR count). The molecule has 2 N–H and O–H groups in total. The summed E-state index contributed by atoms with van der Waals surface area (Å²) in [4.78, 5) is 4.28. The summed E-state index contributed by atoms with van der Waals surface area (Å²) in [5, 5.41) is 18.7. The van der Waals surface area contributed by atoms with Crippen LogP contribution < -0.4 is 5.73 Å². The van der Waals surface area contributed by atoms with Gasteiger partial charge in [0.15, 0.2) is 5.92 Å². The minimum atomic E-state index is -1.06. The fraction of sp³-hybridized carbons (Fsp3) is 0.0714. The van der Waals surface area contributed by atoms with E-state index >= 15 is 0 Å². The van der Waals surface area contributed by atoms with Crippen molar-refractivity contribution in [2.45, 2.75) is 5.92 Å². The summed E-state index contributed by atoms with van der Waals surface area (Å²) in [5.41, 5.74) is 7.57. The molecule has 0 amide bonds. The summed E-state index contributed by atoms with van der Waals surface area (Å²) in [7, 11) is 0. The first-order valence-corrected chi connectivity index (χ1v) is 6.33. The van der Waals surface area contributed by atoms with Crippen LogP contribution in [0.2, 0.25) is 10.0 Å². The minimum Gasteiger partial charge on any atom is -0.397 e. The molecule has 1 aromatic heterocycles. The smallest absolute Gasteiger partial charge is 0.176 e. The molecular formula is C14H8Cl2N4. The topological polar surface area (TPSA) is 86.5 Å². The van der Waals surface area contributed by atoms with Gasteiger partial charge in [-0.05, 0) is 18.2 Å². The number of nitrogens with zero attached hydrogens (tertiary/aromatic N) is 3. The zero-order chi connectivity index (χ0) is 14.7. The van der Waals surface area contributed by atoms with Crippen molar-refractivity contribution in [1.82, 2.24) is 4.98 Å². The molecule has 20 heavy (non-hydrogen) atoms. The van der Waals surface area contributed by atoms with Crippen LogP contribution in [0.4, 0.5) is 5.69 Å².